The van der Waals surface area contributed by atoms with Gasteiger partial charge in [0.1, 0.15) is 0 Å². The van der Waals surface area contributed by atoms with E-state index >= 15 is 0 Å². The van der Waals surface area contributed by atoms with E-state index in [1.807, 2.05) is 50.2 Å². The zero-order chi connectivity index (χ0) is 18.0. The molecule has 1 saturated heterocycles. The molecule has 2 amide bonds. The number of nitrogens with one attached hydrogen (secondary N) is 1. The monoisotopic (exact) mass is 337 g/mol. The zero-order valence-electron chi connectivity index (χ0n) is 14.5. The Morgan fingerprint density at radius 1 is 1.24 bits per heavy atom. The number of carbonyl (C=O) groups is 2. The molecular formula is C20H23N3O2. The largest absolute Gasteiger partial charge is 0.399 e. The fourth-order valence-corrected chi connectivity index (χ4v) is 3.20. The summed E-state index contributed by atoms with van der Waals surface area (Å²) in [4.78, 5) is 26.8. The molecule has 0 aromatic heterocycles. The molecule has 1 aliphatic rings. The molecule has 2 atom stereocenters. The average Bonchev–Trinajstić information content (AvgIpc) is 3.00. The first-order valence-electron chi connectivity index (χ1n) is 8.47. The quantitative estimate of drug-likeness (QED) is 0.842. The molecule has 2 aromatic rings. The number of rotatable bonds is 4. The number of nitrogen functional groups attached to an aromatic ring is 1. The van der Waals surface area contributed by atoms with Gasteiger partial charge in [-0.15, -0.1) is 0 Å². The summed E-state index contributed by atoms with van der Waals surface area (Å²) in [5.41, 5.74) is 9.11. The van der Waals surface area contributed by atoms with E-state index in [1.165, 1.54) is 0 Å². The Morgan fingerprint density at radius 3 is 2.68 bits per heavy atom. The zero-order valence-corrected chi connectivity index (χ0v) is 14.5. The van der Waals surface area contributed by atoms with Gasteiger partial charge in [-0.05, 0) is 37.1 Å². The van der Waals surface area contributed by atoms with E-state index in [0.29, 0.717) is 17.9 Å². The van der Waals surface area contributed by atoms with Gasteiger partial charge in [0.05, 0.1) is 12.0 Å². The Hall–Kier alpha value is -2.82. The van der Waals surface area contributed by atoms with Crippen molar-refractivity contribution in [2.45, 2.75) is 26.3 Å². The molecule has 5 nitrogen and oxygen atoms in total. The molecule has 2 unspecified atom stereocenters. The van der Waals surface area contributed by atoms with E-state index in [4.69, 9.17) is 5.73 Å². The van der Waals surface area contributed by atoms with Crippen LogP contribution >= 0.6 is 0 Å². The molecule has 0 bridgehead atoms. The fraction of sp³-hybridized carbons (Fsp3) is 0.300. The van der Waals surface area contributed by atoms with Crippen LogP contribution in [0.25, 0.3) is 0 Å². The van der Waals surface area contributed by atoms with Gasteiger partial charge in [-0.1, -0.05) is 36.4 Å². The number of carbonyl (C=O) groups excluding carboxylic acids is 2. The molecule has 0 saturated carbocycles. The summed E-state index contributed by atoms with van der Waals surface area (Å²) in [6.07, 6.45) is 0.240. The minimum Gasteiger partial charge on any atom is -0.399 e. The fourth-order valence-electron chi connectivity index (χ4n) is 3.20. The summed E-state index contributed by atoms with van der Waals surface area (Å²) in [7, 11) is 0. The highest BCUT2D eigenvalue weighted by atomic mass is 16.2. The Bertz CT molecular complexity index is 789. The molecular weight excluding hydrogens is 314 g/mol. The number of nitrogens with two attached hydrogens (primary N) is 1. The average molecular weight is 337 g/mol. The van der Waals surface area contributed by atoms with Crippen LogP contribution in [0.2, 0.25) is 0 Å². The van der Waals surface area contributed by atoms with E-state index < -0.39 is 0 Å². The molecule has 5 heteroatoms. The van der Waals surface area contributed by atoms with Gasteiger partial charge in [0.15, 0.2) is 0 Å². The van der Waals surface area contributed by atoms with Gasteiger partial charge in [-0.2, -0.15) is 0 Å². The second-order valence-electron chi connectivity index (χ2n) is 6.60. The highest BCUT2D eigenvalue weighted by Gasteiger charge is 2.37. The van der Waals surface area contributed by atoms with Crippen LogP contribution in [-0.2, 0) is 9.59 Å². The molecule has 1 aliphatic heterocycles. The van der Waals surface area contributed by atoms with Crippen LogP contribution in [0, 0.1) is 12.8 Å². The SMILES string of the molecule is Cc1ccc(N)cc1NC(=O)C1CC(=O)N(C(C)c2ccccc2)C1. The Labute approximate surface area is 147 Å². The van der Waals surface area contributed by atoms with Crippen LogP contribution in [0.1, 0.15) is 30.5 Å². The van der Waals surface area contributed by atoms with Crippen molar-refractivity contribution in [1.82, 2.24) is 4.90 Å². The Morgan fingerprint density at radius 2 is 1.96 bits per heavy atom. The van der Waals surface area contributed by atoms with Crippen molar-refractivity contribution in [3.63, 3.8) is 0 Å². The second-order valence-corrected chi connectivity index (χ2v) is 6.60. The lowest BCUT2D eigenvalue weighted by Crippen LogP contribution is -2.30. The maximum atomic E-state index is 12.6. The first-order valence-corrected chi connectivity index (χ1v) is 8.47. The molecule has 3 N–H and O–H groups in total. The van der Waals surface area contributed by atoms with Crippen LogP contribution in [0.5, 0.6) is 0 Å². The minimum atomic E-state index is -0.348. The van der Waals surface area contributed by atoms with Gasteiger partial charge < -0.3 is 16.0 Å². The van der Waals surface area contributed by atoms with Gasteiger partial charge in [0.2, 0.25) is 11.8 Å². The van der Waals surface area contributed by atoms with Crippen LogP contribution < -0.4 is 11.1 Å². The third-order valence-corrected chi connectivity index (χ3v) is 4.80. The van der Waals surface area contributed by atoms with E-state index in [0.717, 1.165) is 11.1 Å². The second kappa shape index (κ2) is 6.97. The highest BCUT2D eigenvalue weighted by molar-refractivity contribution is 5.98. The van der Waals surface area contributed by atoms with Crippen LogP contribution in [0.15, 0.2) is 48.5 Å². The standard InChI is InChI=1S/C20H23N3O2/c1-13-8-9-17(21)11-18(13)22-20(25)16-10-19(24)23(12-16)14(2)15-6-4-3-5-7-15/h3-9,11,14,16H,10,12,21H2,1-2H3,(H,22,25). The summed E-state index contributed by atoms with van der Waals surface area (Å²) < 4.78 is 0. The molecule has 130 valence electrons. The van der Waals surface area contributed by atoms with Crippen molar-refractivity contribution < 1.29 is 9.59 Å². The third kappa shape index (κ3) is 3.65. The van der Waals surface area contributed by atoms with Gasteiger partial charge in [0, 0.05) is 24.3 Å². The van der Waals surface area contributed by atoms with Gasteiger partial charge in [0.25, 0.3) is 0 Å². The van der Waals surface area contributed by atoms with Crippen molar-refractivity contribution >= 4 is 23.2 Å². The van der Waals surface area contributed by atoms with Crippen molar-refractivity contribution in [2.75, 3.05) is 17.6 Å². The summed E-state index contributed by atoms with van der Waals surface area (Å²) in [6.45, 7) is 4.34. The molecule has 3 rings (SSSR count). The molecule has 0 aliphatic carbocycles. The number of hydrogen-bond acceptors (Lipinski definition) is 3. The van der Waals surface area contributed by atoms with Gasteiger partial charge in [-0.25, -0.2) is 0 Å². The van der Waals surface area contributed by atoms with Crippen molar-refractivity contribution in [3.8, 4) is 0 Å². The number of likely N-dealkylation sites (tertiary alicyclic amines) is 1. The van der Waals surface area contributed by atoms with Crippen LogP contribution in [-0.4, -0.2) is 23.3 Å². The van der Waals surface area contributed by atoms with Gasteiger partial charge in [-0.3, -0.25) is 9.59 Å². The number of amides is 2. The number of nitrogens with zero attached hydrogens (tertiary/aromatic N) is 1. The summed E-state index contributed by atoms with van der Waals surface area (Å²) >= 11 is 0. The Balaban J connectivity index is 1.69. The normalized spacial score (nSPS) is 18.2. The summed E-state index contributed by atoms with van der Waals surface area (Å²) in [5.74, 6) is -0.467. The predicted molar refractivity (Wildman–Crippen MR) is 98.9 cm³/mol. The molecule has 1 fully saturated rings. The molecule has 25 heavy (non-hydrogen) atoms. The van der Waals surface area contributed by atoms with E-state index in [9.17, 15) is 9.59 Å². The number of benzene rings is 2. The number of anilines is 2. The lowest BCUT2D eigenvalue weighted by molar-refractivity contribution is -0.129. The van der Waals surface area contributed by atoms with E-state index in [2.05, 4.69) is 5.32 Å². The first-order chi connectivity index (χ1) is 12.0. The molecule has 2 aromatic carbocycles. The third-order valence-electron chi connectivity index (χ3n) is 4.80. The van der Waals surface area contributed by atoms with Crippen LogP contribution in [0.3, 0.4) is 0 Å². The van der Waals surface area contributed by atoms with Crippen molar-refractivity contribution in [3.05, 3.63) is 59.7 Å². The van der Waals surface area contributed by atoms with Gasteiger partial charge >= 0.3 is 0 Å². The maximum Gasteiger partial charge on any atom is 0.229 e. The predicted octanol–water partition coefficient (Wildman–Crippen LogP) is 3.13. The maximum absolute atomic E-state index is 12.6. The molecule has 0 spiro atoms. The lowest BCUT2D eigenvalue weighted by Gasteiger charge is -2.25. The number of hydrogen-bond donors (Lipinski definition) is 2. The topological polar surface area (TPSA) is 75.4 Å². The highest BCUT2D eigenvalue weighted by Crippen LogP contribution is 2.29. The van der Waals surface area contributed by atoms with Crippen molar-refractivity contribution in [2.24, 2.45) is 5.92 Å². The van der Waals surface area contributed by atoms with Crippen molar-refractivity contribution in [1.29, 1.82) is 0 Å². The lowest BCUT2D eigenvalue weighted by atomic mass is 10.1. The molecule has 0 radical (unpaired) electrons. The summed E-state index contributed by atoms with van der Waals surface area (Å²) in [5, 5.41) is 2.91. The summed E-state index contributed by atoms with van der Waals surface area (Å²) in [6, 6.07) is 15.2. The Kier molecular flexibility index (Phi) is 4.74. The molecule has 1 heterocycles. The number of aryl methyl sites for hydroxylation is 1. The minimum absolute atomic E-state index is 0.0146. The van der Waals surface area contributed by atoms with E-state index in [1.54, 1.807) is 17.0 Å². The smallest absolute Gasteiger partial charge is 0.229 e. The first kappa shape index (κ1) is 17.0. The van der Waals surface area contributed by atoms with Crippen LogP contribution in [0.4, 0.5) is 11.4 Å². The van der Waals surface area contributed by atoms with E-state index in [-0.39, 0.29) is 30.2 Å².